The van der Waals surface area contributed by atoms with Gasteiger partial charge in [0.1, 0.15) is 17.9 Å². The number of carbonyl (C=O) groups is 2. The molecule has 1 aromatic carbocycles. The smallest absolute Gasteiger partial charge is 0.339 e. The van der Waals surface area contributed by atoms with Crippen LogP contribution in [-0.2, 0) is 9.53 Å². The van der Waals surface area contributed by atoms with Gasteiger partial charge in [-0.25, -0.2) is 4.79 Å². The minimum atomic E-state index is -1.13. The third kappa shape index (κ3) is 5.62. The lowest BCUT2D eigenvalue weighted by Gasteiger charge is -2.29. The molecule has 2 aromatic rings. The summed E-state index contributed by atoms with van der Waals surface area (Å²) in [4.78, 5) is 30.6. The number of amides is 1. The van der Waals surface area contributed by atoms with Gasteiger partial charge in [0.2, 0.25) is 5.91 Å². The molecule has 3 rings (SSSR count). The molecule has 31 heavy (non-hydrogen) atoms. The third-order valence-corrected chi connectivity index (χ3v) is 5.23. The SMILES string of the molecule is Cc1nc2cccc(OCC(C)(C)NC(=O)CCN3CCOCC3)c2c(N)c1C(=O)O. The van der Waals surface area contributed by atoms with Crippen LogP contribution < -0.4 is 15.8 Å². The first-order valence-corrected chi connectivity index (χ1v) is 10.3. The molecule has 1 fully saturated rings. The molecule has 0 spiro atoms. The predicted octanol–water partition coefficient (Wildman–Crippen LogP) is 1.82. The standard InChI is InChI=1S/C22H30N4O5/c1-14-18(21(28)29)20(23)19-15(24-14)5-4-6-16(19)31-13-22(2,3)25-17(27)7-8-26-9-11-30-12-10-26/h4-6H,7-13H2,1-3H3,(H2,23,24)(H,25,27)(H,28,29). The van der Waals surface area contributed by atoms with E-state index in [-0.39, 0.29) is 23.8 Å². The van der Waals surface area contributed by atoms with E-state index in [9.17, 15) is 14.7 Å². The molecule has 1 amide bonds. The van der Waals surface area contributed by atoms with Crippen molar-refractivity contribution in [1.82, 2.24) is 15.2 Å². The highest BCUT2D eigenvalue weighted by molar-refractivity contribution is 6.06. The zero-order valence-electron chi connectivity index (χ0n) is 18.2. The normalized spacial score (nSPS) is 15.1. The van der Waals surface area contributed by atoms with Gasteiger partial charge in [-0.05, 0) is 32.9 Å². The Morgan fingerprint density at radius 3 is 2.71 bits per heavy atom. The second kappa shape index (κ2) is 9.49. The fraction of sp³-hybridized carbons (Fsp3) is 0.500. The number of fused-ring (bicyclic) bond motifs is 1. The number of benzene rings is 1. The first-order chi connectivity index (χ1) is 14.7. The van der Waals surface area contributed by atoms with Crippen molar-refractivity contribution >= 4 is 28.5 Å². The molecule has 1 aliphatic heterocycles. The number of carbonyl (C=O) groups excluding carboxylic acids is 1. The van der Waals surface area contributed by atoms with Crippen LogP contribution in [0, 0.1) is 6.92 Å². The minimum absolute atomic E-state index is 0.0285. The molecular formula is C22H30N4O5. The van der Waals surface area contributed by atoms with Crippen molar-refractivity contribution in [3.8, 4) is 5.75 Å². The Morgan fingerprint density at radius 1 is 1.32 bits per heavy atom. The third-order valence-electron chi connectivity index (χ3n) is 5.23. The van der Waals surface area contributed by atoms with Gasteiger partial charge in [-0.2, -0.15) is 0 Å². The number of aromatic carboxylic acids is 1. The van der Waals surface area contributed by atoms with E-state index in [1.165, 1.54) is 0 Å². The Bertz CT molecular complexity index is 970. The largest absolute Gasteiger partial charge is 0.490 e. The van der Waals surface area contributed by atoms with Crippen molar-refractivity contribution in [2.45, 2.75) is 32.7 Å². The number of rotatable bonds is 8. The zero-order valence-corrected chi connectivity index (χ0v) is 18.2. The zero-order chi connectivity index (χ0) is 22.6. The van der Waals surface area contributed by atoms with E-state index < -0.39 is 11.5 Å². The second-order valence-corrected chi connectivity index (χ2v) is 8.37. The summed E-state index contributed by atoms with van der Waals surface area (Å²) < 4.78 is 11.3. The quantitative estimate of drug-likeness (QED) is 0.579. The molecule has 168 valence electrons. The van der Waals surface area contributed by atoms with Gasteiger partial charge in [-0.1, -0.05) is 6.07 Å². The molecule has 0 atom stereocenters. The number of hydrogen-bond acceptors (Lipinski definition) is 7. The molecule has 0 bridgehead atoms. The van der Waals surface area contributed by atoms with Crippen LogP contribution in [0.5, 0.6) is 5.75 Å². The van der Waals surface area contributed by atoms with Gasteiger partial charge in [-0.3, -0.25) is 14.7 Å². The van der Waals surface area contributed by atoms with E-state index in [1.54, 1.807) is 25.1 Å². The van der Waals surface area contributed by atoms with E-state index in [0.29, 0.717) is 48.5 Å². The molecule has 0 radical (unpaired) electrons. The topological polar surface area (TPSA) is 127 Å². The Hall–Kier alpha value is -2.91. The summed E-state index contributed by atoms with van der Waals surface area (Å²) in [6.45, 7) is 9.32. The van der Waals surface area contributed by atoms with Crippen molar-refractivity contribution in [3.05, 3.63) is 29.5 Å². The number of ether oxygens (including phenoxy) is 2. The number of aromatic nitrogens is 1. The van der Waals surface area contributed by atoms with Crippen LogP contribution in [-0.4, -0.2) is 71.9 Å². The fourth-order valence-electron chi connectivity index (χ4n) is 3.65. The van der Waals surface area contributed by atoms with Gasteiger partial charge in [-0.15, -0.1) is 0 Å². The monoisotopic (exact) mass is 430 g/mol. The molecule has 9 heteroatoms. The van der Waals surface area contributed by atoms with Crippen LogP contribution in [0.3, 0.4) is 0 Å². The number of nitrogens with zero attached hydrogens (tertiary/aromatic N) is 2. The number of pyridine rings is 1. The Labute approximate surface area is 181 Å². The minimum Gasteiger partial charge on any atom is -0.490 e. The van der Waals surface area contributed by atoms with Gasteiger partial charge in [0, 0.05) is 26.1 Å². The molecular weight excluding hydrogens is 400 g/mol. The van der Waals surface area contributed by atoms with Gasteiger partial charge >= 0.3 is 5.97 Å². The molecule has 0 saturated carbocycles. The first kappa shape index (κ1) is 22.8. The summed E-state index contributed by atoms with van der Waals surface area (Å²) >= 11 is 0. The first-order valence-electron chi connectivity index (χ1n) is 10.3. The number of anilines is 1. The Kier molecular flexibility index (Phi) is 6.97. The lowest BCUT2D eigenvalue weighted by atomic mass is 10.0. The van der Waals surface area contributed by atoms with E-state index in [1.807, 2.05) is 13.8 Å². The highest BCUT2D eigenvalue weighted by Crippen LogP contribution is 2.33. The Balaban J connectivity index is 1.67. The van der Waals surface area contributed by atoms with Crippen LogP contribution in [0.1, 0.15) is 36.3 Å². The average Bonchev–Trinajstić information content (AvgIpc) is 2.70. The molecule has 1 saturated heterocycles. The van der Waals surface area contributed by atoms with Gasteiger partial charge in [0.05, 0.1) is 41.0 Å². The summed E-state index contributed by atoms with van der Waals surface area (Å²) in [5, 5.41) is 12.9. The highest BCUT2D eigenvalue weighted by Gasteiger charge is 2.24. The van der Waals surface area contributed by atoms with E-state index in [4.69, 9.17) is 15.2 Å². The number of nitrogens with two attached hydrogens (primary N) is 1. The molecule has 1 aliphatic rings. The summed E-state index contributed by atoms with van der Waals surface area (Å²) in [6.07, 6.45) is 0.399. The van der Waals surface area contributed by atoms with Crippen molar-refractivity contribution in [2.24, 2.45) is 0 Å². The maximum atomic E-state index is 12.4. The molecule has 0 aliphatic carbocycles. The summed E-state index contributed by atoms with van der Waals surface area (Å²) in [6, 6.07) is 5.26. The van der Waals surface area contributed by atoms with E-state index >= 15 is 0 Å². The summed E-state index contributed by atoms with van der Waals surface area (Å²) in [5.74, 6) is -0.754. The fourth-order valence-corrected chi connectivity index (χ4v) is 3.65. The number of nitrogens with one attached hydrogen (secondary N) is 1. The second-order valence-electron chi connectivity index (χ2n) is 8.37. The highest BCUT2D eigenvalue weighted by atomic mass is 16.5. The van der Waals surface area contributed by atoms with Crippen LogP contribution in [0.15, 0.2) is 18.2 Å². The van der Waals surface area contributed by atoms with Crippen molar-refractivity contribution in [1.29, 1.82) is 0 Å². The van der Waals surface area contributed by atoms with Crippen LogP contribution >= 0.6 is 0 Å². The molecule has 0 unspecified atom stereocenters. The van der Waals surface area contributed by atoms with Crippen LogP contribution in [0.25, 0.3) is 10.9 Å². The molecule has 4 N–H and O–H groups in total. The van der Waals surface area contributed by atoms with Gasteiger partial charge < -0.3 is 25.6 Å². The van der Waals surface area contributed by atoms with Gasteiger partial charge in [0.15, 0.2) is 0 Å². The lowest BCUT2D eigenvalue weighted by molar-refractivity contribution is -0.123. The summed E-state index contributed by atoms with van der Waals surface area (Å²) in [5.41, 5.74) is 6.54. The Morgan fingerprint density at radius 2 is 2.03 bits per heavy atom. The van der Waals surface area contributed by atoms with Crippen molar-refractivity contribution in [2.75, 3.05) is 45.2 Å². The maximum absolute atomic E-state index is 12.4. The van der Waals surface area contributed by atoms with Crippen molar-refractivity contribution < 1.29 is 24.2 Å². The predicted molar refractivity (Wildman–Crippen MR) is 117 cm³/mol. The lowest BCUT2D eigenvalue weighted by Crippen LogP contribution is -2.49. The van der Waals surface area contributed by atoms with E-state index in [2.05, 4.69) is 15.2 Å². The number of nitrogen functional groups attached to an aromatic ring is 1. The number of morpholine rings is 1. The molecule has 1 aromatic heterocycles. The van der Waals surface area contributed by atoms with Crippen LogP contribution in [0.2, 0.25) is 0 Å². The number of carboxylic acids is 1. The number of hydrogen-bond donors (Lipinski definition) is 3. The molecule has 9 nitrogen and oxygen atoms in total. The number of aryl methyl sites for hydroxylation is 1. The van der Waals surface area contributed by atoms with E-state index in [0.717, 1.165) is 13.1 Å². The number of carboxylic acid groups (broad SMARTS) is 1. The molecule has 2 heterocycles. The van der Waals surface area contributed by atoms with Crippen LogP contribution in [0.4, 0.5) is 5.69 Å². The van der Waals surface area contributed by atoms with Gasteiger partial charge in [0.25, 0.3) is 0 Å². The summed E-state index contributed by atoms with van der Waals surface area (Å²) in [7, 11) is 0. The average molecular weight is 431 g/mol. The van der Waals surface area contributed by atoms with Crippen molar-refractivity contribution in [3.63, 3.8) is 0 Å². The maximum Gasteiger partial charge on any atom is 0.339 e.